The highest BCUT2D eigenvalue weighted by atomic mass is 16.6. The van der Waals surface area contributed by atoms with Crippen LogP contribution in [-0.4, -0.2) is 39.8 Å². The predicted molar refractivity (Wildman–Crippen MR) is 129 cm³/mol. The van der Waals surface area contributed by atoms with E-state index in [0.717, 1.165) is 57.4 Å². The van der Waals surface area contributed by atoms with Crippen molar-refractivity contribution < 1.29 is 23.8 Å². The molecule has 0 aromatic heterocycles. The Morgan fingerprint density at radius 2 is 1.62 bits per heavy atom. The number of nitrogens with zero attached hydrogens (tertiary/aromatic N) is 1. The van der Waals surface area contributed by atoms with E-state index in [2.05, 4.69) is 5.16 Å². The molecule has 2 rings (SSSR count). The van der Waals surface area contributed by atoms with Crippen LogP contribution in [0.3, 0.4) is 0 Å². The van der Waals surface area contributed by atoms with Gasteiger partial charge in [-0.3, -0.25) is 0 Å². The first-order valence-electron chi connectivity index (χ1n) is 10.8. The van der Waals surface area contributed by atoms with Gasteiger partial charge in [0.25, 0.3) is 0 Å². The molecule has 0 radical (unpaired) electrons. The van der Waals surface area contributed by atoms with Gasteiger partial charge in [0.15, 0.2) is 0 Å². The summed E-state index contributed by atoms with van der Waals surface area (Å²) in [6.45, 7) is 11.6. The van der Waals surface area contributed by atoms with E-state index in [1.807, 2.05) is 71.0 Å². The molecule has 6 heteroatoms. The van der Waals surface area contributed by atoms with Gasteiger partial charge in [-0.25, -0.2) is 0 Å². The molecule has 32 heavy (non-hydrogen) atoms. The van der Waals surface area contributed by atoms with Crippen molar-refractivity contribution in [3.8, 4) is 23.0 Å². The van der Waals surface area contributed by atoms with Crippen LogP contribution in [0.15, 0.2) is 41.6 Å². The van der Waals surface area contributed by atoms with Crippen LogP contribution in [0.4, 0.5) is 0 Å². The molecule has 0 spiro atoms. The van der Waals surface area contributed by atoms with Crippen molar-refractivity contribution in [3.05, 3.63) is 58.7 Å². The molecule has 174 valence electrons. The molecule has 6 nitrogen and oxygen atoms in total. The molecule has 0 N–H and O–H groups in total. The van der Waals surface area contributed by atoms with Crippen LogP contribution in [0.1, 0.15) is 42.5 Å². The molecular weight excluding hydrogens is 406 g/mol. The van der Waals surface area contributed by atoms with E-state index in [-0.39, 0.29) is 0 Å². The van der Waals surface area contributed by atoms with Gasteiger partial charge in [0.1, 0.15) is 36.7 Å². The van der Waals surface area contributed by atoms with E-state index in [0.29, 0.717) is 19.8 Å². The minimum absolute atomic E-state index is 0.539. The van der Waals surface area contributed by atoms with E-state index < -0.39 is 0 Å². The maximum absolute atomic E-state index is 6.03. The van der Waals surface area contributed by atoms with E-state index in [1.165, 1.54) is 7.11 Å². The van der Waals surface area contributed by atoms with Crippen LogP contribution < -0.4 is 18.9 Å². The molecule has 0 fully saturated rings. The fourth-order valence-corrected chi connectivity index (χ4v) is 3.44. The van der Waals surface area contributed by atoms with E-state index in [9.17, 15) is 0 Å². The normalized spacial score (nSPS) is 11.5. The molecule has 0 heterocycles. The summed E-state index contributed by atoms with van der Waals surface area (Å²) in [5, 5.41) is 4.00. The first-order chi connectivity index (χ1) is 15.4. The lowest BCUT2D eigenvalue weighted by Crippen LogP contribution is -2.08. The minimum atomic E-state index is 0.539. The molecule has 0 saturated carbocycles. The summed E-state index contributed by atoms with van der Waals surface area (Å²) in [5.74, 6) is 3.27. The van der Waals surface area contributed by atoms with Gasteiger partial charge in [-0.2, -0.15) is 0 Å². The zero-order chi connectivity index (χ0) is 23.5. The fraction of sp³-hybridized carbons (Fsp3) is 0.423. The monoisotopic (exact) mass is 441 g/mol. The Kier molecular flexibility index (Phi) is 9.92. The van der Waals surface area contributed by atoms with Gasteiger partial charge in [-0.05, 0) is 70.0 Å². The average molecular weight is 442 g/mol. The summed E-state index contributed by atoms with van der Waals surface area (Å²) >= 11 is 0. The number of benzene rings is 2. The third kappa shape index (κ3) is 6.67. The number of aryl methyl sites for hydroxylation is 2. The van der Waals surface area contributed by atoms with Crippen molar-refractivity contribution in [2.75, 3.05) is 34.0 Å². The molecule has 0 saturated heterocycles. The molecule has 2 aromatic rings. The highest BCUT2D eigenvalue weighted by molar-refractivity contribution is 6.01. The first kappa shape index (κ1) is 25.1. The molecule has 0 unspecified atom stereocenters. The van der Waals surface area contributed by atoms with Crippen molar-refractivity contribution in [1.29, 1.82) is 0 Å². The van der Waals surface area contributed by atoms with Gasteiger partial charge in [0.2, 0.25) is 0 Å². The fourth-order valence-electron chi connectivity index (χ4n) is 3.44. The van der Waals surface area contributed by atoms with Gasteiger partial charge in [0.05, 0.1) is 26.0 Å². The first-order valence-corrected chi connectivity index (χ1v) is 10.8. The molecule has 0 atom stereocenters. The Morgan fingerprint density at radius 1 is 0.938 bits per heavy atom. The lowest BCUT2D eigenvalue weighted by atomic mass is 10.1. The number of hydrogen-bond acceptors (Lipinski definition) is 6. The number of oxime groups is 1. The second kappa shape index (κ2) is 12.6. The van der Waals surface area contributed by atoms with Gasteiger partial charge in [-0.1, -0.05) is 17.3 Å². The van der Waals surface area contributed by atoms with Crippen LogP contribution in [0.2, 0.25) is 0 Å². The third-order valence-corrected chi connectivity index (χ3v) is 4.99. The summed E-state index contributed by atoms with van der Waals surface area (Å²) in [6.07, 6.45) is 4.71. The molecule has 0 aliphatic rings. The van der Waals surface area contributed by atoms with Crippen LogP contribution in [0, 0.1) is 20.8 Å². The van der Waals surface area contributed by atoms with E-state index >= 15 is 0 Å². The maximum atomic E-state index is 6.03. The van der Waals surface area contributed by atoms with Crippen molar-refractivity contribution in [2.45, 2.75) is 41.0 Å². The smallest absolute Gasteiger partial charge is 0.134 e. The highest BCUT2D eigenvalue weighted by Gasteiger charge is 2.14. The van der Waals surface area contributed by atoms with Crippen molar-refractivity contribution >= 4 is 5.71 Å². The Morgan fingerprint density at radius 3 is 2.25 bits per heavy atom. The lowest BCUT2D eigenvalue weighted by molar-refractivity contribution is 0.213. The summed E-state index contributed by atoms with van der Waals surface area (Å²) in [6, 6.07) is 7.88. The lowest BCUT2D eigenvalue weighted by Gasteiger charge is -2.16. The van der Waals surface area contributed by atoms with Crippen LogP contribution in [0.25, 0.3) is 0 Å². The zero-order valence-electron chi connectivity index (χ0n) is 20.3. The summed E-state index contributed by atoms with van der Waals surface area (Å²) in [7, 11) is 3.17. The largest absolute Gasteiger partial charge is 0.496 e. The number of ether oxygens (including phenoxy) is 4. The highest BCUT2D eigenvalue weighted by Crippen LogP contribution is 2.32. The van der Waals surface area contributed by atoms with Gasteiger partial charge in [-0.15, -0.1) is 0 Å². The number of allylic oxidation sites excluding steroid dienone is 1. The summed E-state index contributed by atoms with van der Waals surface area (Å²) in [4.78, 5) is 4.88. The Bertz CT molecular complexity index is 926. The summed E-state index contributed by atoms with van der Waals surface area (Å²) < 4.78 is 23.3. The number of methoxy groups -OCH3 is 1. The topological polar surface area (TPSA) is 58.5 Å². The summed E-state index contributed by atoms with van der Waals surface area (Å²) in [5.41, 5.74) is 4.68. The standard InChI is InChI=1S/C26H35NO5/c1-8-9-13-30-22-16-18(2)25(19(3)17-22)32-15-10-14-31-24-12-11-23(21(5)27-29-7)26(28-6)20(24)4/h8-9,11-12,16-17H,10,13-15H2,1-7H3/b9-8+,27-21+. The molecular formula is C26H35NO5. The number of hydrogen-bond donors (Lipinski definition) is 0. The Balaban J connectivity index is 1.92. The average Bonchev–Trinajstić information content (AvgIpc) is 2.76. The minimum Gasteiger partial charge on any atom is -0.496 e. The van der Waals surface area contributed by atoms with Crippen LogP contribution >= 0.6 is 0 Å². The Hall–Kier alpha value is -3.15. The van der Waals surface area contributed by atoms with Crippen LogP contribution in [-0.2, 0) is 4.84 Å². The second-order valence-electron chi connectivity index (χ2n) is 7.45. The molecule has 0 aliphatic heterocycles. The Labute approximate surface area is 191 Å². The van der Waals surface area contributed by atoms with Crippen molar-refractivity contribution in [1.82, 2.24) is 0 Å². The zero-order valence-corrected chi connectivity index (χ0v) is 20.3. The molecule has 0 aliphatic carbocycles. The van der Waals surface area contributed by atoms with Crippen molar-refractivity contribution in [3.63, 3.8) is 0 Å². The quantitative estimate of drug-likeness (QED) is 0.180. The SMILES string of the molecule is C/C=C/COc1cc(C)c(OCCCOc2ccc(/C(C)=N/OC)c(OC)c2C)c(C)c1. The molecule has 0 bridgehead atoms. The molecule has 2 aromatic carbocycles. The predicted octanol–water partition coefficient (Wildman–Crippen LogP) is 5.79. The van der Waals surface area contributed by atoms with Crippen molar-refractivity contribution in [2.24, 2.45) is 5.16 Å². The van der Waals surface area contributed by atoms with E-state index in [1.54, 1.807) is 7.11 Å². The molecule has 0 amide bonds. The van der Waals surface area contributed by atoms with Gasteiger partial charge < -0.3 is 23.8 Å². The maximum Gasteiger partial charge on any atom is 0.134 e. The van der Waals surface area contributed by atoms with Crippen LogP contribution in [0.5, 0.6) is 23.0 Å². The second-order valence-corrected chi connectivity index (χ2v) is 7.45. The third-order valence-electron chi connectivity index (χ3n) is 4.99. The van der Waals surface area contributed by atoms with Gasteiger partial charge >= 0.3 is 0 Å². The van der Waals surface area contributed by atoms with E-state index in [4.69, 9.17) is 23.8 Å². The van der Waals surface area contributed by atoms with Gasteiger partial charge in [0, 0.05) is 17.5 Å². The number of rotatable bonds is 12.